The molecule has 1 heterocycles. The Kier molecular flexibility index (Phi) is 4.04. The van der Waals surface area contributed by atoms with E-state index in [1.165, 1.54) is 0 Å². The first-order valence-corrected chi connectivity index (χ1v) is 7.57. The van der Waals surface area contributed by atoms with Crippen molar-refractivity contribution in [2.45, 2.75) is 31.7 Å². The molecule has 3 rings (SSSR count). The second kappa shape index (κ2) is 6.12. The van der Waals surface area contributed by atoms with Gasteiger partial charge >= 0.3 is 0 Å². The number of carbonyl (C=O) groups excluding carboxylic acids is 1. The maximum Gasteiger partial charge on any atom is 0.229 e. The topological polar surface area (TPSA) is 38.1 Å². The van der Waals surface area contributed by atoms with E-state index in [9.17, 15) is 4.79 Å². The van der Waals surface area contributed by atoms with E-state index in [1.807, 2.05) is 60.5 Å². The fourth-order valence-electron chi connectivity index (χ4n) is 3.14. The summed E-state index contributed by atoms with van der Waals surface area (Å²) >= 11 is 0. The summed E-state index contributed by atoms with van der Waals surface area (Å²) in [5.41, 5.74) is 0.969. The lowest BCUT2D eigenvalue weighted by Gasteiger charge is -2.30. The SMILES string of the molecule is CN(c1ccccc1)C(=O)[C@H]1CC[C@H](n2cccn2)CC1. The Hall–Kier alpha value is -2.10. The predicted molar refractivity (Wildman–Crippen MR) is 83.1 cm³/mol. The van der Waals surface area contributed by atoms with Crippen LogP contribution in [0.25, 0.3) is 0 Å². The molecular weight excluding hydrogens is 262 g/mol. The van der Waals surface area contributed by atoms with Gasteiger partial charge in [-0.1, -0.05) is 18.2 Å². The van der Waals surface area contributed by atoms with E-state index in [-0.39, 0.29) is 11.8 Å². The maximum absolute atomic E-state index is 12.6. The first kappa shape index (κ1) is 13.9. The molecule has 0 radical (unpaired) electrons. The molecule has 0 N–H and O–H groups in total. The summed E-state index contributed by atoms with van der Waals surface area (Å²) in [6.45, 7) is 0. The zero-order chi connectivity index (χ0) is 14.7. The maximum atomic E-state index is 12.6. The molecular formula is C17H21N3O. The highest BCUT2D eigenvalue weighted by Gasteiger charge is 2.29. The zero-order valence-corrected chi connectivity index (χ0v) is 12.4. The minimum atomic E-state index is 0.141. The average molecular weight is 283 g/mol. The number of anilines is 1. The number of carbonyl (C=O) groups is 1. The van der Waals surface area contributed by atoms with Crippen LogP contribution in [0.2, 0.25) is 0 Å². The molecule has 1 aliphatic carbocycles. The van der Waals surface area contributed by atoms with Crippen molar-refractivity contribution in [3.05, 3.63) is 48.8 Å². The number of para-hydroxylation sites is 1. The highest BCUT2D eigenvalue weighted by atomic mass is 16.2. The van der Waals surface area contributed by atoms with Gasteiger partial charge in [0.15, 0.2) is 0 Å². The van der Waals surface area contributed by atoms with Gasteiger partial charge in [-0.3, -0.25) is 9.48 Å². The van der Waals surface area contributed by atoms with Crippen molar-refractivity contribution in [2.24, 2.45) is 5.92 Å². The van der Waals surface area contributed by atoms with Crippen LogP contribution in [-0.4, -0.2) is 22.7 Å². The molecule has 4 nitrogen and oxygen atoms in total. The van der Waals surface area contributed by atoms with Crippen LogP contribution < -0.4 is 4.90 Å². The smallest absolute Gasteiger partial charge is 0.229 e. The molecule has 4 heteroatoms. The van der Waals surface area contributed by atoms with E-state index in [1.54, 1.807) is 4.90 Å². The van der Waals surface area contributed by atoms with Crippen LogP contribution >= 0.6 is 0 Å². The van der Waals surface area contributed by atoms with Gasteiger partial charge in [0.25, 0.3) is 0 Å². The molecule has 1 aromatic carbocycles. The molecule has 1 aliphatic rings. The van der Waals surface area contributed by atoms with Crippen molar-refractivity contribution in [1.29, 1.82) is 0 Å². The van der Waals surface area contributed by atoms with E-state index in [4.69, 9.17) is 0 Å². The molecule has 1 amide bonds. The highest BCUT2D eigenvalue weighted by Crippen LogP contribution is 2.33. The number of nitrogens with zero attached hydrogens (tertiary/aromatic N) is 3. The standard InChI is InChI=1S/C17H21N3O/c1-19(15-6-3-2-4-7-15)17(21)14-8-10-16(11-9-14)20-13-5-12-18-20/h2-7,12-14,16H,8-11H2,1H3/t14-,16-. The van der Waals surface area contributed by atoms with E-state index >= 15 is 0 Å². The Bertz CT molecular complexity index is 571. The fraction of sp³-hybridized carbons (Fsp3) is 0.412. The van der Waals surface area contributed by atoms with Gasteiger partial charge in [0.05, 0.1) is 6.04 Å². The molecule has 1 aromatic heterocycles. The molecule has 0 atom stereocenters. The van der Waals surface area contributed by atoms with Crippen molar-refractivity contribution < 1.29 is 4.79 Å². The van der Waals surface area contributed by atoms with Crippen LogP contribution in [0.4, 0.5) is 5.69 Å². The largest absolute Gasteiger partial charge is 0.315 e. The number of benzene rings is 1. The van der Waals surface area contributed by atoms with Crippen LogP contribution in [0.1, 0.15) is 31.7 Å². The number of amides is 1. The summed E-state index contributed by atoms with van der Waals surface area (Å²) in [6, 6.07) is 12.3. The summed E-state index contributed by atoms with van der Waals surface area (Å²) in [7, 11) is 1.87. The lowest BCUT2D eigenvalue weighted by Crippen LogP contribution is -2.35. The Labute approximate surface area is 125 Å². The van der Waals surface area contributed by atoms with Gasteiger partial charge in [-0.2, -0.15) is 5.10 Å². The van der Waals surface area contributed by atoms with Gasteiger partial charge in [0.2, 0.25) is 5.91 Å². The molecule has 2 aromatic rings. The normalized spacial score (nSPS) is 22.0. The molecule has 0 aliphatic heterocycles. The summed E-state index contributed by atoms with van der Waals surface area (Å²) in [6.07, 6.45) is 7.78. The van der Waals surface area contributed by atoms with E-state index < -0.39 is 0 Å². The number of hydrogen-bond acceptors (Lipinski definition) is 2. The number of hydrogen-bond donors (Lipinski definition) is 0. The molecule has 0 unspecified atom stereocenters. The molecule has 21 heavy (non-hydrogen) atoms. The number of rotatable bonds is 3. The van der Waals surface area contributed by atoms with Gasteiger partial charge in [-0.15, -0.1) is 0 Å². The van der Waals surface area contributed by atoms with Crippen molar-refractivity contribution >= 4 is 11.6 Å². The summed E-state index contributed by atoms with van der Waals surface area (Å²) in [4.78, 5) is 14.4. The van der Waals surface area contributed by atoms with Gasteiger partial charge in [-0.05, 0) is 43.9 Å². The van der Waals surface area contributed by atoms with Crippen LogP contribution in [0.5, 0.6) is 0 Å². The third-order valence-electron chi connectivity index (χ3n) is 4.42. The summed E-state index contributed by atoms with van der Waals surface area (Å²) in [5, 5.41) is 4.31. The minimum absolute atomic E-state index is 0.141. The fourth-order valence-corrected chi connectivity index (χ4v) is 3.14. The van der Waals surface area contributed by atoms with Crippen LogP contribution in [-0.2, 0) is 4.79 Å². The van der Waals surface area contributed by atoms with Gasteiger partial charge in [0.1, 0.15) is 0 Å². The van der Waals surface area contributed by atoms with Gasteiger partial charge < -0.3 is 4.90 Å². The van der Waals surface area contributed by atoms with E-state index in [0.29, 0.717) is 6.04 Å². The minimum Gasteiger partial charge on any atom is -0.315 e. The predicted octanol–water partition coefficient (Wildman–Crippen LogP) is 3.28. The first-order chi connectivity index (χ1) is 10.3. The van der Waals surface area contributed by atoms with Crippen LogP contribution in [0, 0.1) is 5.92 Å². The Morgan fingerprint density at radius 1 is 1.14 bits per heavy atom. The van der Waals surface area contributed by atoms with Gasteiger partial charge in [0, 0.05) is 31.0 Å². The van der Waals surface area contributed by atoms with E-state index in [2.05, 4.69) is 5.10 Å². The Morgan fingerprint density at radius 3 is 2.48 bits per heavy atom. The first-order valence-electron chi connectivity index (χ1n) is 7.57. The molecule has 1 saturated carbocycles. The van der Waals surface area contributed by atoms with E-state index in [0.717, 1.165) is 31.4 Å². The molecule has 0 saturated heterocycles. The summed E-state index contributed by atoms with van der Waals surface area (Å²) in [5.74, 6) is 0.377. The van der Waals surface area contributed by atoms with Crippen molar-refractivity contribution in [1.82, 2.24) is 9.78 Å². The van der Waals surface area contributed by atoms with Crippen LogP contribution in [0.15, 0.2) is 48.8 Å². The lowest BCUT2D eigenvalue weighted by atomic mass is 9.85. The monoisotopic (exact) mass is 283 g/mol. The van der Waals surface area contributed by atoms with Crippen LogP contribution in [0.3, 0.4) is 0 Å². The third-order valence-corrected chi connectivity index (χ3v) is 4.42. The molecule has 110 valence electrons. The molecule has 0 spiro atoms. The third kappa shape index (κ3) is 2.99. The summed E-state index contributed by atoms with van der Waals surface area (Å²) < 4.78 is 2.03. The highest BCUT2D eigenvalue weighted by molar-refractivity contribution is 5.94. The average Bonchev–Trinajstić information content (AvgIpc) is 3.09. The molecule has 0 bridgehead atoms. The zero-order valence-electron chi connectivity index (χ0n) is 12.4. The Morgan fingerprint density at radius 2 is 1.86 bits per heavy atom. The second-order valence-corrected chi connectivity index (χ2v) is 5.72. The van der Waals surface area contributed by atoms with Crippen molar-refractivity contribution in [3.8, 4) is 0 Å². The molecule has 1 fully saturated rings. The number of aromatic nitrogens is 2. The quantitative estimate of drug-likeness (QED) is 0.867. The van der Waals surface area contributed by atoms with Crippen molar-refractivity contribution in [3.63, 3.8) is 0 Å². The van der Waals surface area contributed by atoms with Gasteiger partial charge in [-0.25, -0.2) is 0 Å². The Balaban J connectivity index is 1.60. The van der Waals surface area contributed by atoms with Crippen molar-refractivity contribution in [2.75, 3.05) is 11.9 Å². The second-order valence-electron chi connectivity index (χ2n) is 5.72. The lowest BCUT2D eigenvalue weighted by molar-refractivity contribution is -0.123.